The number of nitrogens with one attached hydrogen (secondary N) is 1. The van der Waals surface area contributed by atoms with Crippen LogP contribution in [0.25, 0.3) is 0 Å². The van der Waals surface area contributed by atoms with Crippen LogP contribution in [0.1, 0.15) is 29.9 Å². The van der Waals surface area contributed by atoms with Crippen molar-refractivity contribution in [2.45, 2.75) is 19.4 Å². The lowest BCUT2D eigenvalue weighted by Crippen LogP contribution is -2.19. The second-order valence-corrected chi connectivity index (χ2v) is 3.36. The van der Waals surface area contributed by atoms with E-state index >= 15 is 0 Å². The number of hydrogen-bond donors (Lipinski definition) is 1. The molecule has 68 valence electrons. The summed E-state index contributed by atoms with van der Waals surface area (Å²) in [5.74, 6) is -0.602. The van der Waals surface area contributed by atoms with Gasteiger partial charge in [0.25, 0.3) is 5.56 Å². The van der Waals surface area contributed by atoms with Crippen molar-refractivity contribution in [2.75, 3.05) is 0 Å². The molecule has 0 amide bonds. The van der Waals surface area contributed by atoms with Gasteiger partial charge in [-0.3, -0.25) is 4.79 Å². The molecule has 13 heavy (non-hydrogen) atoms. The number of carbonyl (C=O) groups is 1. The first-order chi connectivity index (χ1) is 6.02. The number of hydrogen-bond acceptors (Lipinski definition) is 4. The number of cyclic esters (lactones) is 1. The Morgan fingerprint density at radius 3 is 2.77 bits per heavy atom. The zero-order valence-electron chi connectivity index (χ0n) is 7.25. The van der Waals surface area contributed by atoms with Gasteiger partial charge in [0.1, 0.15) is 11.3 Å². The highest BCUT2D eigenvalue weighted by Crippen LogP contribution is 2.31. The van der Waals surface area contributed by atoms with Gasteiger partial charge in [-0.1, -0.05) is 0 Å². The standard InChI is InChI=1S/C8H8N2O3/c1-8(2)5-4(7(12)13-8)6(11)10-3-9-5/h3H,1-2H3,(H,9,10,11). The minimum Gasteiger partial charge on any atom is -0.449 e. The summed E-state index contributed by atoms with van der Waals surface area (Å²) in [6.07, 6.45) is 1.27. The van der Waals surface area contributed by atoms with Crippen LogP contribution in [0, 0.1) is 0 Å². The lowest BCUT2D eigenvalue weighted by molar-refractivity contribution is 0.00828. The van der Waals surface area contributed by atoms with Gasteiger partial charge in [-0.25, -0.2) is 9.78 Å². The first-order valence-electron chi connectivity index (χ1n) is 3.84. The third-order valence-corrected chi connectivity index (χ3v) is 1.98. The lowest BCUT2D eigenvalue weighted by Gasteiger charge is -2.15. The number of H-pyrrole nitrogens is 1. The third kappa shape index (κ3) is 0.965. The molecule has 1 aromatic heterocycles. The minimum atomic E-state index is -0.791. The molecule has 0 fully saturated rings. The van der Waals surface area contributed by atoms with E-state index in [1.165, 1.54) is 6.33 Å². The Balaban J connectivity index is 2.80. The fraction of sp³-hybridized carbons (Fsp3) is 0.375. The van der Waals surface area contributed by atoms with Gasteiger partial charge in [-0.15, -0.1) is 0 Å². The van der Waals surface area contributed by atoms with E-state index in [0.29, 0.717) is 5.69 Å². The maximum atomic E-state index is 11.2. The molecule has 0 aliphatic carbocycles. The van der Waals surface area contributed by atoms with E-state index in [0.717, 1.165) is 0 Å². The zero-order valence-corrected chi connectivity index (χ0v) is 7.25. The Kier molecular flexibility index (Phi) is 1.34. The molecule has 1 aliphatic heterocycles. The van der Waals surface area contributed by atoms with Crippen molar-refractivity contribution in [3.05, 3.63) is 27.9 Å². The smallest absolute Gasteiger partial charge is 0.346 e. The third-order valence-electron chi connectivity index (χ3n) is 1.98. The van der Waals surface area contributed by atoms with E-state index in [1.54, 1.807) is 13.8 Å². The molecule has 0 unspecified atom stereocenters. The first-order valence-corrected chi connectivity index (χ1v) is 3.84. The van der Waals surface area contributed by atoms with Crippen molar-refractivity contribution in [3.63, 3.8) is 0 Å². The van der Waals surface area contributed by atoms with Crippen LogP contribution in [0.5, 0.6) is 0 Å². The van der Waals surface area contributed by atoms with E-state index in [9.17, 15) is 9.59 Å². The Morgan fingerprint density at radius 2 is 2.15 bits per heavy atom. The summed E-state index contributed by atoms with van der Waals surface area (Å²) < 4.78 is 4.98. The molecule has 0 bridgehead atoms. The lowest BCUT2D eigenvalue weighted by atomic mass is 10.0. The normalized spacial score (nSPS) is 18.2. The summed E-state index contributed by atoms with van der Waals surface area (Å²) in [7, 11) is 0. The maximum absolute atomic E-state index is 11.2. The number of aromatic amines is 1. The van der Waals surface area contributed by atoms with Crippen LogP contribution in [0.15, 0.2) is 11.1 Å². The summed E-state index contributed by atoms with van der Waals surface area (Å²) in [5, 5.41) is 0. The molecule has 0 aromatic carbocycles. The molecule has 0 radical (unpaired) electrons. The Morgan fingerprint density at radius 1 is 1.46 bits per heavy atom. The highest BCUT2D eigenvalue weighted by molar-refractivity contribution is 5.93. The van der Waals surface area contributed by atoms with Crippen LogP contribution >= 0.6 is 0 Å². The summed E-state index contributed by atoms with van der Waals surface area (Å²) >= 11 is 0. The number of aromatic nitrogens is 2. The number of rotatable bonds is 0. The van der Waals surface area contributed by atoms with Crippen LogP contribution in [0.3, 0.4) is 0 Å². The predicted molar refractivity (Wildman–Crippen MR) is 43.3 cm³/mol. The topological polar surface area (TPSA) is 72.0 Å². The SMILES string of the molecule is CC1(C)OC(=O)c2c1nc[nH]c2=O. The van der Waals surface area contributed by atoms with Gasteiger partial charge in [0, 0.05) is 0 Å². The van der Waals surface area contributed by atoms with Crippen LogP contribution in [0.4, 0.5) is 0 Å². The number of fused-ring (bicyclic) bond motifs is 1. The van der Waals surface area contributed by atoms with E-state index < -0.39 is 17.1 Å². The van der Waals surface area contributed by atoms with E-state index in [2.05, 4.69) is 9.97 Å². The molecule has 0 spiro atoms. The van der Waals surface area contributed by atoms with Gasteiger partial charge >= 0.3 is 5.97 Å². The van der Waals surface area contributed by atoms with Crippen molar-refractivity contribution in [3.8, 4) is 0 Å². The molecule has 0 saturated carbocycles. The number of nitrogens with zero attached hydrogens (tertiary/aromatic N) is 1. The van der Waals surface area contributed by atoms with Crippen molar-refractivity contribution in [1.82, 2.24) is 9.97 Å². The van der Waals surface area contributed by atoms with Crippen LogP contribution in [-0.2, 0) is 10.3 Å². The van der Waals surface area contributed by atoms with Crippen molar-refractivity contribution >= 4 is 5.97 Å². The maximum Gasteiger partial charge on any atom is 0.346 e. The first kappa shape index (κ1) is 7.97. The minimum absolute atomic E-state index is 0.0208. The second kappa shape index (κ2) is 2.18. The Labute approximate surface area is 73.8 Å². The van der Waals surface area contributed by atoms with Crippen molar-refractivity contribution < 1.29 is 9.53 Å². The summed E-state index contributed by atoms with van der Waals surface area (Å²) in [4.78, 5) is 28.7. The summed E-state index contributed by atoms with van der Waals surface area (Å²) in [5.41, 5.74) is -0.810. The molecule has 1 aromatic rings. The Bertz CT molecular complexity index is 433. The van der Waals surface area contributed by atoms with E-state index in [4.69, 9.17) is 4.74 Å². The Hall–Kier alpha value is -1.65. The quantitative estimate of drug-likeness (QED) is 0.578. The van der Waals surface area contributed by atoms with Gasteiger partial charge in [-0.05, 0) is 13.8 Å². The fourth-order valence-corrected chi connectivity index (χ4v) is 1.38. The van der Waals surface area contributed by atoms with Gasteiger partial charge in [0.15, 0.2) is 5.56 Å². The molecular weight excluding hydrogens is 172 g/mol. The number of ether oxygens (including phenoxy) is 1. The average molecular weight is 180 g/mol. The van der Waals surface area contributed by atoms with Gasteiger partial charge < -0.3 is 9.72 Å². The van der Waals surface area contributed by atoms with Crippen LogP contribution in [0.2, 0.25) is 0 Å². The molecular formula is C8H8N2O3. The number of carbonyl (C=O) groups excluding carboxylic acids is 1. The molecule has 0 saturated heterocycles. The zero-order chi connectivity index (χ0) is 9.64. The van der Waals surface area contributed by atoms with Crippen molar-refractivity contribution in [1.29, 1.82) is 0 Å². The largest absolute Gasteiger partial charge is 0.449 e. The average Bonchev–Trinajstić information content (AvgIpc) is 2.24. The molecule has 1 N–H and O–H groups in total. The van der Waals surface area contributed by atoms with E-state index in [-0.39, 0.29) is 5.56 Å². The van der Waals surface area contributed by atoms with Crippen molar-refractivity contribution in [2.24, 2.45) is 0 Å². The predicted octanol–water partition coefficient (Wildman–Crippen LogP) is 0.175. The summed E-state index contributed by atoms with van der Waals surface area (Å²) in [6, 6.07) is 0. The molecule has 2 heterocycles. The summed E-state index contributed by atoms with van der Waals surface area (Å²) in [6.45, 7) is 3.40. The van der Waals surface area contributed by atoms with Crippen LogP contribution in [-0.4, -0.2) is 15.9 Å². The van der Waals surface area contributed by atoms with Gasteiger partial charge in [-0.2, -0.15) is 0 Å². The molecule has 0 atom stereocenters. The van der Waals surface area contributed by atoms with Gasteiger partial charge in [0.05, 0.1) is 6.33 Å². The van der Waals surface area contributed by atoms with Gasteiger partial charge in [0.2, 0.25) is 0 Å². The highest BCUT2D eigenvalue weighted by atomic mass is 16.6. The molecule has 5 heteroatoms. The number of esters is 1. The molecule has 2 rings (SSSR count). The van der Waals surface area contributed by atoms with Crippen LogP contribution < -0.4 is 5.56 Å². The molecule has 1 aliphatic rings. The second-order valence-electron chi connectivity index (χ2n) is 3.36. The highest BCUT2D eigenvalue weighted by Gasteiger charge is 2.41. The fourth-order valence-electron chi connectivity index (χ4n) is 1.38. The van der Waals surface area contributed by atoms with E-state index in [1.807, 2.05) is 0 Å². The monoisotopic (exact) mass is 180 g/mol. The molecule has 5 nitrogen and oxygen atoms in total.